The lowest BCUT2D eigenvalue weighted by molar-refractivity contribution is -0.121. The standard InChI is InChI=1S/C14H20N2O2/c1-16-7-3-5-12(9-16)14(18)15-13-6-2-4-11(8-13)10-17/h2,4,6,8,12,17H,3,5,7,9-10H2,1H3,(H,15,18). The molecule has 1 fully saturated rings. The maximum Gasteiger partial charge on any atom is 0.228 e. The van der Waals surface area contributed by atoms with Gasteiger partial charge in [0.05, 0.1) is 12.5 Å². The third kappa shape index (κ3) is 3.31. The summed E-state index contributed by atoms with van der Waals surface area (Å²) in [5.41, 5.74) is 1.58. The number of benzene rings is 1. The van der Waals surface area contributed by atoms with E-state index >= 15 is 0 Å². The predicted molar refractivity (Wildman–Crippen MR) is 71.2 cm³/mol. The number of carbonyl (C=O) groups is 1. The Kier molecular flexibility index (Phi) is 4.33. The van der Waals surface area contributed by atoms with Crippen LogP contribution < -0.4 is 5.32 Å². The van der Waals surface area contributed by atoms with Crippen molar-refractivity contribution < 1.29 is 9.90 Å². The quantitative estimate of drug-likeness (QED) is 0.851. The fourth-order valence-corrected chi connectivity index (χ4v) is 2.37. The lowest BCUT2D eigenvalue weighted by atomic mass is 9.97. The molecule has 1 atom stereocenters. The van der Waals surface area contributed by atoms with Gasteiger partial charge in [-0.15, -0.1) is 0 Å². The summed E-state index contributed by atoms with van der Waals surface area (Å²) in [6.45, 7) is 1.89. The number of carbonyl (C=O) groups excluding carboxylic acids is 1. The minimum Gasteiger partial charge on any atom is -0.392 e. The van der Waals surface area contributed by atoms with Crippen molar-refractivity contribution in [1.29, 1.82) is 0 Å². The van der Waals surface area contributed by atoms with Crippen LogP contribution in [0.4, 0.5) is 5.69 Å². The SMILES string of the molecule is CN1CCCC(C(=O)Nc2cccc(CO)c2)C1. The zero-order valence-electron chi connectivity index (χ0n) is 10.7. The van der Waals surface area contributed by atoms with Crippen LogP contribution >= 0.6 is 0 Å². The van der Waals surface area contributed by atoms with E-state index in [1.807, 2.05) is 31.3 Å². The molecule has 0 bridgehead atoms. The summed E-state index contributed by atoms with van der Waals surface area (Å²) in [4.78, 5) is 14.3. The number of piperidine rings is 1. The molecule has 1 aliphatic heterocycles. The minimum absolute atomic E-state index is 0.00409. The second-order valence-corrected chi connectivity index (χ2v) is 4.95. The number of likely N-dealkylation sites (tertiary alicyclic amines) is 1. The highest BCUT2D eigenvalue weighted by molar-refractivity contribution is 5.92. The molecule has 1 saturated heterocycles. The number of nitrogens with one attached hydrogen (secondary N) is 1. The maximum absolute atomic E-state index is 12.1. The second kappa shape index (κ2) is 5.98. The number of hydrogen-bond acceptors (Lipinski definition) is 3. The van der Waals surface area contributed by atoms with Crippen molar-refractivity contribution >= 4 is 11.6 Å². The molecular weight excluding hydrogens is 228 g/mol. The van der Waals surface area contributed by atoms with Crippen LogP contribution in [0.5, 0.6) is 0 Å². The van der Waals surface area contributed by atoms with Gasteiger partial charge in [-0.3, -0.25) is 4.79 Å². The molecule has 1 amide bonds. The Balaban J connectivity index is 1.97. The van der Waals surface area contributed by atoms with Crippen LogP contribution in [0.15, 0.2) is 24.3 Å². The zero-order valence-corrected chi connectivity index (χ0v) is 10.7. The van der Waals surface area contributed by atoms with Gasteiger partial charge in [-0.05, 0) is 44.1 Å². The van der Waals surface area contributed by atoms with E-state index in [0.29, 0.717) is 0 Å². The highest BCUT2D eigenvalue weighted by Crippen LogP contribution is 2.18. The van der Waals surface area contributed by atoms with Crippen LogP contribution in [0.1, 0.15) is 18.4 Å². The first-order chi connectivity index (χ1) is 8.69. The zero-order chi connectivity index (χ0) is 13.0. The molecule has 0 radical (unpaired) electrons. The van der Waals surface area contributed by atoms with Crippen molar-refractivity contribution in [1.82, 2.24) is 4.90 Å². The number of aliphatic hydroxyl groups is 1. The molecule has 0 saturated carbocycles. The highest BCUT2D eigenvalue weighted by atomic mass is 16.3. The predicted octanol–water partition coefficient (Wildman–Crippen LogP) is 1.46. The molecule has 0 aromatic heterocycles. The van der Waals surface area contributed by atoms with Crippen molar-refractivity contribution in [2.24, 2.45) is 5.92 Å². The van der Waals surface area contributed by atoms with E-state index < -0.39 is 0 Å². The first kappa shape index (κ1) is 13.1. The van der Waals surface area contributed by atoms with Crippen LogP contribution in [0, 0.1) is 5.92 Å². The van der Waals surface area contributed by atoms with E-state index in [-0.39, 0.29) is 18.4 Å². The van der Waals surface area contributed by atoms with Gasteiger partial charge >= 0.3 is 0 Å². The third-order valence-electron chi connectivity index (χ3n) is 3.37. The fourth-order valence-electron chi connectivity index (χ4n) is 2.37. The Morgan fingerprint density at radius 2 is 2.39 bits per heavy atom. The van der Waals surface area contributed by atoms with Gasteiger partial charge in [0.25, 0.3) is 0 Å². The summed E-state index contributed by atoms with van der Waals surface area (Å²) in [5, 5.41) is 12.0. The number of rotatable bonds is 3. The van der Waals surface area contributed by atoms with Gasteiger partial charge in [0.15, 0.2) is 0 Å². The Morgan fingerprint density at radius 1 is 1.56 bits per heavy atom. The lowest BCUT2D eigenvalue weighted by Crippen LogP contribution is -2.38. The van der Waals surface area contributed by atoms with E-state index in [4.69, 9.17) is 5.11 Å². The number of nitrogens with zero attached hydrogens (tertiary/aromatic N) is 1. The molecule has 2 rings (SSSR count). The van der Waals surface area contributed by atoms with Crippen molar-refractivity contribution in [2.75, 3.05) is 25.5 Å². The monoisotopic (exact) mass is 248 g/mol. The maximum atomic E-state index is 12.1. The summed E-state index contributed by atoms with van der Waals surface area (Å²) >= 11 is 0. The van der Waals surface area contributed by atoms with E-state index in [1.165, 1.54) is 0 Å². The molecule has 1 heterocycles. The summed E-state index contributed by atoms with van der Waals surface area (Å²) in [5.74, 6) is 0.151. The topological polar surface area (TPSA) is 52.6 Å². The third-order valence-corrected chi connectivity index (χ3v) is 3.37. The average Bonchev–Trinajstić information content (AvgIpc) is 2.39. The van der Waals surface area contributed by atoms with Gasteiger partial charge in [0.1, 0.15) is 0 Å². The van der Waals surface area contributed by atoms with Gasteiger partial charge in [0, 0.05) is 12.2 Å². The molecule has 18 heavy (non-hydrogen) atoms. The van der Waals surface area contributed by atoms with Gasteiger partial charge in [-0.1, -0.05) is 12.1 Å². The molecule has 1 aromatic rings. The molecule has 4 heteroatoms. The van der Waals surface area contributed by atoms with Crippen LogP contribution in [0.25, 0.3) is 0 Å². The van der Waals surface area contributed by atoms with Crippen LogP contribution in [-0.2, 0) is 11.4 Å². The molecule has 0 aliphatic carbocycles. The van der Waals surface area contributed by atoms with Crippen LogP contribution in [-0.4, -0.2) is 36.1 Å². The Hall–Kier alpha value is -1.39. The normalized spacial score (nSPS) is 20.7. The summed E-state index contributed by atoms with van der Waals surface area (Å²) in [6, 6.07) is 7.34. The van der Waals surface area contributed by atoms with E-state index in [9.17, 15) is 4.79 Å². The molecule has 98 valence electrons. The molecule has 1 aromatic carbocycles. The van der Waals surface area contributed by atoms with E-state index in [1.54, 1.807) is 0 Å². The number of hydrogen-bond donors (Lipinski definition) is 2. The Bertz CT molecular complexity index is 420. The number of amides is 1. The van der Waals surface area contributed by atoms with Crippen LogP contribution in [0.2, 0.25) is 0 Å². The molecule has 1 aliphatic rings. The number of anilines is 1. The van der Waals surface area contributed by atoms with Gasteiger partial charge in [-0.25, -0.2) is 0 Å². The van der Waals surface area contributed by atoms with Crippen molar-refractivity contribution in [3.05, 3.63) is 29.8 Å². The Labute approximate surface area is 108 Å². The Morgan fingerprint density at radius 3 is 3.11 bits per heavy atom. The van der Waals surface area contributed by atoms with Crippen molar-refractivity contribution in [3.8, 4) is 0 Å². The lowest BCUT2D eigenvalue weighted by Gasteiger charge is -2.28. The van der Waals surface area contributed by atoms with E-state index in [0.717, 1.165) is 37.2 Å². The fraction of sp³-hybridized carbons (Fsp3) is 0.500. The van der Waals surface area contributed by atoms with E-state index in [2.05, 4.69) is 10.2 Å². The summed E-state index contributed by atoms with van der Waals surface area (Å²) < 4.78 is 0. The smallest absolute Gasteiger partial charge is 0.228 e. The number of aliphatic hydroxyl groups excluding tert-OH is 1. The molecule has 0 spiro atoms. The first-order valence-corrected chi connectivity index (χ1v) is 6.38. The first-order valence-electron chi connectivity index (χ1n) is 6.38. The molecule has 4 nitrogen and oxygen atoms in total. The highest BCUT2D eigenvalue weighted by Gasteiger charge is 2.23. The van der Waals surface area contributed by atoms with Gasteiger partial charge in [-0.2, -0.15) is 0 Å². The molecule has 1 unspecified atom stereocenters. The van der Waals surface area contributed by atoms with Crippen molar-refractivity contribution in [3.63, 3.8) is 0 Å². The second-order valence-electron chi connectivity index (χ2n) is 4.95. The summed E-state index contributed by atoms with van der Waals surface area (Å²) in [6.07, 6.45) is 2.03. The van der Waals surface area contributed by atoms with Crippen LogP contribution in [0.3, 0.4) is 0 Å². The minimum atomic E-state index is -0.00409. The largest absolute Gasteiger partial charge is 0.392 e. The van der Waals surface area contributed by atoms with Gasteiger partial charge in [0.2, 0.25) is 5.91 Å². The molecular formula is C14H20N2O2. The van der Waals surface area contributed by atoms with Crippen molar-refractivity contribution in [2.45, 2.75) is 19.4 Å². The van der Waals surface area contributed by atoms with Gasteiger partial charge < -0.3 is 15.3 Å². The molecule has 2 N–H and O–H groups in total. The average molecular weight is 248 g/mol. The summed E-state index contributed by atoms with van der Waals surface area (Å²) in [7, 11) is 2.05.